The molecule has 1 amide bonds. The van der Waals surface area contributed by atoms with Crippen molar-refractivity contribution in [1.82, 2.24) is 4.90 Å². The van der Waals surface area contributed by atoms with Crippen molar-refractivity contribution in [3.63, 3.8) is 0 Å². The van der Waals surface area contributed by atoms with Gasteiger partial charge in [0.2, 0.25) is 5.91 Å². The minimum atomic E-state index is 0.0222. The summed E-state index contributed by atoms with van der Waals surface area (Å²) < 4.78 is 0. The first-order chi connectivity index (χ1) is 8.45. The number of hydrogen-bond acceptors (Lipinski definition) is 3. The van der Waals surface area contributed by atoms with E-state index in [9.17, 15) is 4.79 Å². The van der Waals surface area contributed by atoms with Gasteiger partial charge in [0.15, 0.2) is 0 Å². The molecule has 0 saturated heterocycles. The highest BCUT2D eigenvalue weighted by molar-refractivity contribution is 8.00. The molecule has 0 fully saturated rings. The average molecular weight is 307 g/mol. The molecule has 0 aliphatic heterocycles. The van der Waals surface area contributed by atoms with Gasteiger partial charge in [-0.1, -0.05) is 23.2 Å². The van der Waals surface area contributed by atoms with E-state index in [1.165, 1.54) is 11.8 Å². The van der Waals surface area contributed by atoms with Gasteiger partial charge in [-0.25, -0.2) is 0 Å². The number of rotatable bonds is 5. The lowest BCUT2D eigenvalue weighted by molar-refractivity contribution is -0.128. The third kappa shape index (κ3) is 4.35. The number of carbonyl (C=O) groups is 1. The molecule has 0 aromatic heterocycles. The molecule has 0 spiro atoms. The molecule has 0 heterocycles. The lowest BCUT2D eigenvalue weighted by Crippen LogP contribution is -2.40. The largest absolute Gasteiger partial charge is 0.341 e. The summed E-state index contributed by atoms with van der Waals surface area (Å²) in [4.78, 5) is 14.3. The fourth-order valence-corrected chi connectivity index (χ4v) is 2.65. The van der Waals surface area contributed by atoms with E-state index in [1.54, 1.807) is 30.1 Å². The van der Waals surface area contributed by atoms with Gasteiger partial charge in [-0.3, -0.25) is 4.79 Å². The third-order valence-electron chi connectivity index (χ3n) is 2.64. The number of carbonyl (C=O) groups excluding carboxylic acids is 1. The van der Waals surface area contributed by atoms with Crippen LogP contribution >= 0.6 is 35.0 Å². The first-order valence-electron chi connectivity index (χ1n) is 5.49. The van der Waals surface area contributed by atoms with Crippen LogP contribution in [0.2, 0.25) is 10.0 Å². The number of benzene rings is 1. The fraction of sp³-hybridized carbons (Fsp3) is 0.417. The van der Waals surface area contributed by atoms with Crippen LogP contribution in [-0.2, 0) is 4.79 Å². The lowest BCUT2D eigenvalue weighted by atomic mass is 10.3. The molecule has 3 nitrogen and oxygen atoms in total. The van der Waals surface area contributed by atoms with Crippen molar-refractivity contribution in [1.29, 1.82) is 0 Å². The zero-order chi connectivity index (χ0) is 13.7. The zero-order valence-corrected chi connectivity index (χ0v) is 12.6. The van der Waals surface area contributed by atoms with Crippen molar-refractivity contribution < 1.29 is 4.79 Å². The molecule has 2 N–H and O–H groups in total. The molecular weight excluding hydrogens is 291 g/mol. The molecule has 18 heavy (non-hydrogen) atoms. The van der Waals surface area contributed by atoms with Gasteiger partial charge in [-0.05, 0) is 25.1 Å². The molecule has 0 bridgehead atoms. The Morgan fingerprint density at radius 2 is 2.17 bits per heavy atom. The van der Waals surface area contributed by atoms with Crippen molar-refractivity contribution in [3.8, 4) is 0 Å². The summed E-state index contributed by atoms with van der Waals surface area (Å²) in [5.41, 5.74) is 5.52. The van der Waals surface area contributed by atoms with Gasteiger partial charge in [0.1, 0.15) is 0 Å². The fourth-order valence-electron chi connectivity index (χ4n) is 1.23. The van der Waals surface area contributed by atoms with Gasteiger partial charge in [0.05, 0.1) is 10.8 Å². The van der Waals surface area contributed by atoms with Crippen LogP contribution in [0.5, 0.6) is 0 Å². The maximum atomic E-state index is 11.9. The molecule has 1 unspecified atom stereocenters. The topological polar surface area (TPSA) is 46.3 Å². The number of likely N-dealkylation sites (N-methyl/N-ethyl adjacent to an activating group) is 1. The number of amides is 1. The van der Waals surface area contributed by atoms with Crippen LogP contribution in [-0.4, -0.2) is 36.2 Å². The molecule has 1 rings (SSSR count). The molecule has 0 aliphatic carbocycles. The summed E-state index contributed by atoms with van der Waals surface area (Å²) in [6.07, 6.45) is 0. The summed E-state index contributed by atoms with van der Waals surface area (Å²) in [6.45, 7) is 2.36. The van der Waals surface area contributed by atoms with Gasteiger partial charge in [0, 0.05) is 29.6 Å². The van der Waals surface area contributed by atoms with E-state index in [1.807, 2.05) is 6.92 Å². The van der Waals surface area contributed by atoms with Crippen LogP contribution in [0.25, 0.3) is 0 Å². The van der Waals surface area contributed by atoms with Gasteiger partial charge in [-0.15, -0.1) is 11.8 Å². The van der Waals surface area contributed by atoms with E-state index in [0.717, 1.165) is 4.90 Å². The average Bonchev–Trinajstić information content (AvgIpc) is 2.37. The van der Waals surface area contributed by atoms with E-state index in [-0.39, 0.29) is 11.9 Å². The maximum absolute atomic E-state index is 11.9. The highest BCUT2D eigenvalue weighted by atomic mass is 35.5. The second-order valence-electron chi connectivity index (χ2n) is 3.95. The highest BCUT2D eigenvalue weighted by Gasteiger charge is 2.15. The predicted octanol–water partition coefficient (Wildman–Crippen LogP) is 2.89. The van der Waals surface area contributed by atoms with E-state index in [4.69, 9.17) is 28.9 Å². The molecule has 1 atom stereocenters. The highest BCUT2D eigenvalue weighted by Crippen LogP contribution is 2.29. The van der Waals surface area contributed by atoms with Crippen molar-refractivity contribution in [2.45, 2.75) is 17.9 Å². The van der Waals surface area contributed by atoms with E-state index in [0.29, 0.717) is 22.3 Å². The van der Waals surface area contributed by atoms with Crippen molar-refractivity contribution in [3.05, 3.63) is 28.2 Å². The van der Waals surface area contributed by atoms with Crippen LogP contribution < -0.4 is 5.73 Å². The van der Waals surface area contributed by atoms with Crippen LogP contribution in [0.1, 0.15) is 6.92 Å². The van der Waals surface area contributed by atoms with E-state index < -0.39 is 0 Å². The second kappa shape index (κ2) is 7.24. The molecule has 1 aromatic carbocycles. The van der Waals surface area contributed by atoms with E-state index in [2.05, 4.69) is 0 Å². The first kappa shape index (κ1) is 15.6. The smallest absolute Gasteiger partial charge is 0.232 e. The summed E-state index contributed by atoms with van der Waals surface area (Å²) in [5, 5.41) is 1.21. The number of nitrogens with zero attached hydrogens (tertiary/aromatic N) is 1. The van der Waals surface area contributed by atoms with Crippen molar-refractivity contribution in [2.24, 2.45) is 5.73 Å². The summed E-state index contributed by atoms with van der Waals surface area (Å²) in [6, 6.07) is 5.24. The first-order valence-corrected chi connectivity index (χ1v) is 7.23. The number of hydrogen-bond donors (Lipinski definition) is 1. The summed E-state index contributed by atoms with van der Waals surface area (Å²) >= 11 is 13.3. The monoisotopic (exact) mass is 306 g/mol. The summed E-state index contributed by atoms with van der Waals surface area (Å²) in [5.74, 6) is 0.343. The van der Waals surface area contributed by atoms with Crippen molar-refractivity contribution in [2.75, 3.05) is 19.3 Å². The van der Waals surface area contributed by atoms with Gasteiger partial charge >= 0.3 is 0 Å². The van der Waals surface area contributed by atoms with Gasteiger partial charge in [0.25, 0.3) is 0 Å². The number of halogens is 2. The molecule has 0 radical (unpaired) electrons. The maximum Gasteiger partial charge on any atom is 0.232 e. The standard InChI is InChI=1S/C12H16Cl2N2OS/c1-8(6-15)16(2)12(17)7-18-11-5-9(13)3-4-10(11)14/h3-5,8H,6-7,15H2,1-2H3. The lowest BCUT2D eigenvalue weighted by Gasteiger charge is -2.23. The third-order valence-corrected chi connectivity index (χ3v) is 4.36. The van der Waals surface area contributed by atoms with E-state index >= 15 is 0 Å². The Bertz CT molecular complexity index is 429. The molecule has 100 valence electrons. The minimum Gasteiger partial charge on any atom is -0.341 e. The molecule has 6 heteroatoms. The quantitative estimate of drug-likeness (QED) is 0.851. The molecule has 1 aromatic rings. The Kier molecular flexibility index (Phi) is 6.29. The number of thioether (sulfide) groups is 1. The second-order valence-corrected chi connectivity index (χ2v) is 5.81. The number of nitrogens with two attached hydrogens (primary N) is 1. The van der Waals surface area contributed by atoms with Crippen LogP contribution in [0, 0.1) is 0 Å². The Morgan fingerprint density at radius 1 is 1.50 bits per heavy atom. The van der Waals surface area contributed by atoms with Gasteiger partial charge in [-0.2, -0.15) is 0 Å². The predicted molar refractivity (Wildman–Crippen MR) is 78.5 cm³/mol. The van der Waals surface area contributed by atoms with Crippen LogP contribution in [0.15, 0.2) is 23.1 Å². The molecule has 0 saturated carbocycles. The normalized spacial score (nSPS) is 12.3. The SMILES string of the molecule is CC(CN)N(C)C(=O)CSc1cc(Cl)ccc1Cl. The molecule has 0 aliphatic rings. The van der Waals surface area contributed by atoms with Crippen molar-refractivity contribution >= 4 is 40.9 Å². The van der Waals surface area contributed by atoms with Gasteiger partial charge < -0.3 is 10.6 Å². The molecular formula is C12H16Cl2N2OS. The minimum absolute atomic E-state index is 0.0222. The zero-order valence-electron chi connectivity index (χ0n) is 10.3. The Morgan fingerprint density at radius 3 is 2.78 bits per heavy atom. The summed E-state index contributed by atoms with van der Waals surface area (Å²) in [7, 11) is 1.75. The van der Waals surface area contributed by atoms with Crippen LogP contribution in [0.3, 0.4) is 0 Å². The van der Waals surface area contributed by atoms with Crippen LogP contribution in [0.4, 0.5) is 0 Å². The Labute approximate surface area is 122 Å². The Balaban J connectivity index is 2.60. The Hall–Kier alpha value is -0.420.